The summed E-state index contributed by atoms with van der Waals surface area (Å²) in [7, 11) is 1.51. The number of methoxy groups -OCH3 is 1. The third-order valence-corrected chi connectivity index (χ3v) is 3.70. The summed E-state index contributed by atoms with van der Waals surface area (Å²) in [5, 5.41) is 14.4. The van der Waals surface area contributed by atoms with Crippen molar-refractivity contribution in [2.24, 2.45) is 5.92 Å². The molecule has 1 aliphatic carbocycles. The van der Waals surface area contributed by atoms with Gasteiger partial charge in [-0.2, -0.15) is 0 Å². The molecule has 1 fully saturated rings. The number of benzene rings is 1. The molecule has 0 spiro atoms. The zero-order valence-corrected chi connectivity index (χ0v) is 11.4. The molecule has 0 radical (unpaired) electrons. The first-order valence-corrected chi connectivity index (χ1v) is 6.69. The molecule has 0 saturated heterocycles. The molecule has 0 bridgehead atoms. The molecular weight excluding hydrogens is 244 g/mol. The number of nitro groups is 1. The Morgan fingerprint density at radius 1 is 1.42 bits per heavy atom. The van der Waals surface area contributed by atoms with Crippen LogP contribution < -0.4 is 10.1 Å². The van der Waals surface area contributed by atoms with E-state index in [0.29, 0.717) is 23.4 Å². The molecule has 1 N–H and O–H groups in total. The molecule has 0 heterocycles. The van der Waals surface area contributed by atoms with Crippen molar-refractivity contribution < 1.29 is 9.66 Å². The first-order chi connectivity index (χ1) is 9.10. The molecule has 1 aromatic carbocycles. The van der Waals surface area contributed by atoms with Crippen LogP contribution in [0, 0.1) is 16.0 Å². The molecule has 5 nitrogen and oxygen atoms in total. The molecule has 2 atom stereocenters. The molecule has 0 amide bonds. The van der Waals surface area contributed by atoms with Gasteiger partial charge in [0.25, 0.3) is 5.69 Å². The SMILES string of the molecule is COc1ccc(NC2CCCC(C)C2)c([N+](=O)[O-])c1. The van der Waals surface area contributed by atoms with Crippen LogP contribution in [0.4, 0.5) is 11.4 Å². The van der Waals surface area contributed by atoms with Crippen molar-refractivity contribution in [2.45, 2.75) is 38.6 Å². The molecule has 19 heavy (non-hydrogen) atoms. The van der Waals surface area contributed by atoms with E-state index in [4.69, 9.17) is 4.74 Å². The highest BCUT2D eigenvalue weighted by Crippen LogP contribution is 2.32. The number of nitrogens with one attached hydrogen (secondary N) is 1. The number of hydrogen-bond donors (Lipinski definition) is 1. The van der Waals surface area contributed by atoms with Crippen LogP contribution in [0.25, 0.3) is 0 Å². The molecule has 104 valence electrons. The van der Waals surface area contributed by atoms with E-state index < -0.39 is 0 Å². The minimum atomic E-state index is -0.364. The lowest BCUT2D eigenvalue weighted by molar-refractivity contribution is -0.384. The first kappa shape index (κ1) is 13.6. The predicted octanol–water partition coefficient (Wildman–Crippen LogP) is 3.59. The van der Waals surface area contributed by atoms with Gasteiger partial charge in [-0.1, -0.05) is 19.8 Å². The van der Waals surface area contributed by atoms with Gasteiger partial charge in [0, 0.05) is 6.04 Å². The fraction of sp³-hybridized carbons (Fsp3) is 0.571. The quantitative estimate of drug-likeness (QED) is 0.666. The third kappa shape index (κ3) is 3.36. The maximum absolute atomic E-state index is 11.1. The molecule has 1 aromatic rings. The highest BCUT2D eigenvalue weighted by Gasteiger charge is 2.22. The Bertz CT molecular complexity index is 462. The summed E-state index contributed by atoms with van der Waals surface area (Å²) in [6.45, 7) is 2.23. The average molecular weight is 264 g/mol. The van der Waals surface area contributed by atoms with Gasteiger partial charge in [-0.3, -0.25) is 10.1 Å². The van der Waals surface area contributed by atoms with E-state index in [1.807, 2.05) is 0 Å². The molecule has 0 aliphatic heterocycles. The smallest absolute Gasteiger partial charge is 0.296 e. The molecule has 5 heteroatoms. The Balaban J connectivity index is 2.16. The number of anilines is 1. The summed E-state index contributed by atoms with van der Waals surface area (Å²) in [5.74, 6) is 1.19. The van der Waals surface area contributed by atoms with Gasteiger partial charge in [-0.25, -0.2) is 0 Å². The van der Waals surface area contributed by atoms with Crippen LogP contribution in [0.5, 0.6) is 5.75 Å². The predicted molar refractivity (Wildman–Crippen MR) is 74.7 cm³/mol. The van der Waals surface area contributed by atoms with Crippen LogP contribution in [0.15, 0.2) is 18.2 Å². The van der Waals surface area contributed by atoms with Crippen molar-refractivity contribution in [1.82, 2.24) is 0 Å². The second-order valence-corrected chi connectivity index (χ2v) is 5.25. The fourth-order valence-corrected chi connectivity index (χ4v) is 2.70. The van der Waals surface area contributed by atoms with Gasteiger partial charge in [-0.05, 0) is 30.9 Å². The lowest BCUT2D eigenvalue weighted by Gasteiger charge is -2.28. The van der Waals surface area contributed by atoms with Crippen LogP contribution in [0.3, 0.4) is 0 Å². The van der Waals surface area contributed by atoms with E-state index in [1.54, 1.807) is 12.1 Å². The van der Waals surface area contributed by atoms with E-state index >= 15 is 0 Å². The number of rotatable bonds is 4. The van der Waals surface area contributed by atoms with E-state index in [-0.39, 0.29) is 10.6 Å². The Morgan fingerprint density at radius 2 is 2.21 bits per heavy atom. The minimum Gasteiger partial charge on any atom is -0.496 e. The normalized spacial score (nSPS) is 22.8. The first-order valence-electron chi connectivity index (χ1n) is 6.69. The van der Waals surface area contributed by atoms with Gasteiger partial charge in [-0.15, -0.1) is 0 Å². The van der Waals surface area contributed by atoms with Gasteiger partial charge >= 0.3 is 0 Å². The number of hydrogen-bond acceptors (Lipinski definition) is 4. The minimum absolute atomic E-state index is 0.0811. The number of nitro benzene ring substituents is 1. The van der Waals surface area contributed by atoms with Gasteiger partial charge in [0.15, 0.2) is 0 Å². The van der Waals surface area contributed by atoms with Gasteiger partial charge in [0.05, 0.1) is 18.1 Å². The summed E-state index contributed by atoms with van der Waals surface area (Å²) in [6.07, 6.45) is 4.59. The largest absolute Gasteiger partial charge is 0.496 e. The lowest BCUT2D eigenvalue weighted by atomic mass is 9.87. The van der Waals surface area contributed by atoms with Crippen LogP contribution in [0.1, 0.15) is 32.6 Å². The van der Waals surface area contributed by atoms with Crippen molar-refractivity contribution in [2.75, 3.05) is 12.4 Å². The van der Waals surface area contributed by atoms with E-state index in [2.05, 4.69) is 12.2 Å². The number of nitrogens with zero attached hydrogens (tertiary/aromatic N) is 1. The Kier molecular flexibility index (Phi) is 4.24. The molecule has 1 aliphatic rings. The standard InChI is InChI=1S/C14H20N2O3/c1-10-4-3-5-11(8-10)15-13-7-6-12(19-2)9-14(13)16(17)18/h6-7,9-11,15H,3-5,8H2,1-2H3. The monoisotopic (exact) mass is 264 g/mol. The summed E-state index contributed by atoms with van der Waals surface area (Å²) < 4.78 is 5.03. The highest BCUT2D eigenvalue weighted by molar-refractivity contribution is 5.64. The summed E-state index contributed by atoms with van der Waals surface area (Å²) in [4.78, 5) is 10.7. The van der Waals surface area contributed by atoms with Crippen molar-refractivity contribution in [3.05, 3.63) is 28.3 Å². The molecule has 2 unspecified atom stereocenters. The highest BCUT2D eigenvalue weighted by atomic mass is 16.6. The fourth-order valence-electron chi connectivity index (χ4n) is 2.70. The van der Waals surface area contributed by atoms with Crippen molar-refractivity contribution in [1.29, 1.82) is 0 Å². The molecule has 2 rings (SSSR count). The maximum atomic E-state index is 11.1. The van der Waals surface area contributed by atoms with E-state index in [1.165, 1.54) is 26.0 Å². The van der Waals surface area contributed by atoms with E-state index in [9.17, 15) is 10.1 Å². The lowest BCUT2D eigenvalue weighted by Crippen LogP contribution is -2.26. The summed E-state index contributed by atoms with van der Waals surface area (Å²) >= 11 is 0. The average Bonchev–Trinajstić information content (AvgIpc) is 2.39. The van der Waals surface area contributed by atoms with Crippen LogP contribution in [-0.4, -0.2) is 18.1 Å². The van der Waals surface area contributed by atoms with Crippen LogP contribution in [-0.2, 0) is 0 Å². The topological polar surface area (TPSA) is 64.4 Å². The zero-order chi connectivity index (χ0) is 13.8. The summed E-state index contributed by atoms with van der Waals surface area (Å²) in [5.41, 5.74) is 0.669. The zero-order valence-electron chi connectivity index (χ0n) is 11.4. The second-order valence-electron chi connectivity index (χ2n) is 5.25. The molecular formula is C14H20N2O3. The number of ether oxygens (including phenoxy) is 1. The third-order valence-electron chi connectivity index (χ3n) is 3.70. The van der Waals surface area contributed by atoms with Crippen LogP contribution in [0.2, 0.25) is 0 Å². The Morgan fingerprint density at radius 3 is 2.84 bits per heavy atom. The van der Waals surface area contributed by atoms with Gasteiger partial charge in [0.2, 0.25) is 0 Å². The van der Waals surface area contributed by atoms with Crippen molar-refractivity contribution in [3.63, 3.8) is 0 Å². The Hall–Kier alpha value is -1.78. The van der Waals surface area contributed by atoms with Crippen molar-refractivity contribution >= 4 is 11.4 Å². The van der Waals surface area contributed by atoms with Crippen molar-refractivity contribution in [3.8, 4) is 5.75 Å². The maximum Gasteiger partial charge on any atom is 0.296 e. The summed E-state index contributed by atoms with van der Waals surface area (Å²) in [6, 6.07) is 5.28. The van der Waals surface area contributed by atoms with Crippen LogP contribution >= 0.6 is 0 Å². The van der Waals surface area contributed by atoms with E-state index in [0.717, 1.165) is 12.8 Å². The Labute approximate surface area is 113 Å². The van der Waals surface area contributed by atoms with Gasteiger partial charge in [0.1, 0.15) is 11.4 Å². The second kappa shape index (κ2) is 5.91. The molecule has 0 aromatic heterocycles. The molecule has 1 saturated carbocycles. The van der Waals surface area contributed by atoms with Gasteiger partial charge < -0.3 is 10.1 Å².